The number of nitrogens with one attached hydrogen (secondary N) is 1. The van der Waals surface area contributed by atoms with Crippen molar-refractivity contribution in [2.24, 2.45) is 0 Å². The van der Waals surface area contributed by atoms with E-state index in [2.05, 4.69) is 44.0 Å². The van der Waals surface area contributed by atoms with Crippen LogP contribution in [0.1, 0.15) is 46.0 Å². The highest BCUT2D eigenvalue weighted by atomic mass is 32.2. The molecule has 0 aliphatic carbocycles. The normalized spacial score (nSPS) is 15.6. The Labute approximate surface area is 165 Å². The number of nitrogens with zero attached hydrogens (tertiary/aromatic N) is 4. The van der Waals surface area contributed by atoms with Crippen molar-refractivity contribution < 1.29 is 4.79 Å². The molecular formula is C20H29N5OS. The average molecular weight is 388 g/mol. The molecule has 27 heavy (non-hydrogen) atoms. The number of hydrogen-bond donors (Lipinski definition) is 1. The third-order valence-corrected chi connectivity index (χ3v) is 5.66. The number of carbonyl (C=O) groups excluding carboxylic acids is 1. The molecule has 1 atom stereocenters. The Morgan fingerprint density at radius 2 is 1.93 bits per heavy atom. The fourth-order valence-electron chi connectivity index (χ4n) is 3.41. The van der Waals surface area contributed by atoms with E-state index in [1.165, 1.54) is 31.0 Å². The third-order valence-electron chi connectivity index (χ3n) is 4.73. The van der Waals surface area contributed by atoms with E-state index < -0.39 is 0 Å². The molecule has 1 fully saturated rings. The molecule has 2 heterocycles. The van der Waals surface area contributed by atoms with Gasteiger partial charge in [0.1, 0.15) is 0 Å². The molecule has 1 aliphatic rings. The molecular weight excluding hydrogens is 358 g/mol. The number of piperidine rings is 1. The molecule has 1 aromatic heterocycles. The van der Waals surface area contributed by atoms with Crippen molar-refractivity contribution >= 4 is 23.6 Å². The van der Waals surface area contributed by atoms with Crippen molar-refractivity contribution in [3.63, 3.8) is 0 Å². The van der Waals surface area contributed by atoms with Gasteiger partial charge < -0.3 is 10.2 Å². The monoisotopic (exact) mass is 387 g/mol. The first-order valence-electron chi connectivity index (χ1n) is 9.87. The number of thioether (sulfide) groups is 1. The van der Waals surface area contributed by atoms with Crippen LogP contribution in [0.2, 0.25) is 0 Å². The number of aromatic nitrogens is 3. The third kappa shape index (κ3) is 5.25. The lowest BCUT2D eigenvalue weighted by Crippen LogP contribution is -2.33. The molecule has 0 saturated carbocycles. The molecule has 0 unspecified atom stereocenters. The number of benzene rings is 1. The van der Waals surface area contributed by atoms with Crippen LogP contribution < -0.4 is 10.2 Å². The quantitative estimate of drug-likeness (QED) is 0.701. The number of rotatable bonds is 8. The van der Waals surface area contributed by atoms with E-state index in [0.717, 1.165) is 42.7 Å². The first-order valence-corrected chi connectivity index (χ1v) is 10.9. The number of hydrogen-bond acceptors (Lipinski definition) is 5. The van der Waals surface area contributed by atoms with Gasteiger partial charge in [0.05, 0.1) is 11.4 Å². The predicted molar refractivity (Wildman–Crippen MR) is 111 cm³/mol. The summed E-state index contributed by atoms with van der Waals surface area (Å²) in [5, 5.41) is 12.7. The molecule has 3 rings (SSSR count). The van der Waals surface area contributed by atoms with Crippen molar-refractivity contribution in [3.05, 3.63) is 30.3 Å². The minimum Gasteiger partial charge on any atom is -0.353 e. The van der Waals surface area contributed by atoms with Gasteiger partial charge in [0, 0.05) is 19.1 Å². The van der Waals surface area contributed by atoms with Gasteiger partial charge in [-0.05, 0) is 44.7 Å². The molecule has 1 amide bonds. The highest BCUT2D eigenvalue weighted by Crippen LogP contribution is 2.28. The summed E-state index contributed by atoms with van der Waals surface area (Å²) in [6.07, 6.45) is 5.70. The minimum atomic E-state index is 0.0445. The predicted octanol–water partition coefficient (Wildman–Crippen LogP) is 3.65. The Morgan fingerprint density at radius 1 is 1.19 bits per heavy atom. The molecule has 0 radical (unpaired) electrons. The van der Waals surface area contributed by atoms with Crippen LogP contribution >= 0.6 is 11.8 Å². The molecule has 0 bridgehead atoms. The van der Waals surface area contributed by atoms with E-state index >= 15 is 0 Å². The second-order valence-corrected chi connectivity index (χ2v) is 7.99. The fourth-order valence-corrected chi connectivity index (χ4v) is 4.17. The maximum Gasteiger partial charge on any atom is 0.232 e. The van der Waals surface area contributed by atoms with Crippen molar-refractivity contribution in [1.29, 1.82) is 0 Å². The second-order valence-electron chi connectivity index (χ2n) is 7.05. The molecule has 146 valence electrons. The Kier molecular flexibility index (Phi) is 7.15. The highest BCUT2D eigenvalue weighted by Gasteiger charge is 2.22. The summed E-state index contributed by atoms with van der Waals surface area (Å²) in [5.41, 5.74) is 1.03. The fraction of sp³-hybridized carbons (Fsp3) is 0.550. The van der Waals surface area contributed by atoms with Gasteiger partial charge in [-0.25, -0.2) is 0 Å². The van der Waals surface area contributed by atoms with Crippen LogP contribution in [-0.4, -0.2) is 45.6 Å². The maximum atomic E-state index is 12.3. The SMILES string of the molecule is CCC[C@H](C)NC(=O)CSc1nnc(N2CCCCC2)n1-c1ccccc1. The van der Waals surface area contributed by atoms with Crippen LogP contribution in [0.3, 0.4) is 0 Å². The van der Waals surface area contributed by atoms with Gasteiger partial charge in [-0.2, -0.15) is 0 Å². The van der Waals surface area contributed by atoms with E-state index in [1.807, 2.05) is 25.1 Å². The summed E-state index contributed by atoms with van der Waals surface area (Å²) in [7, 11) is 0. The number of anilines is 1. The van der Waals surface area contributed by atoms with Crippen LogP contribution in [0, 0.1) is 0 Å². The van der Waals surface area contributed by atoms with Crippen molar-refractivity contribution in [2.75, 3.05) is 23.7 Å². The van der Waals surface area contributed by atoms with E-state index in [0.29, 0.717) is 5.75 Å². The lowest BCUT2D eigenvalue weighted by atomic mass is 10.1. The second kappa shape index (κ2) is 9.78. The Morgan fingerprint density at radius 3 is 2.63 bits per heavy atom. The van der Waals surface area contributed by atoms with Gasteiger partial charge in [-0.3, -0.25) is 9.36 Å². The molecule has 1 saturated heterocycles. The highest BCUT2D eigenvalue weighted by molar-refractivity contribution is 7.99. The van der Waals surface area contributed by atoms with Gasteiger partial charge in [0.25, 0.3) is 0 Å². The van der Waals surface area contributed by atoms with Gasteiger partial charge in [-0.1, -0.05) is 43.3 Å². The van der Waals surface area contributed by atoms with Gasteiger partial charge in [0.15, 0.2) is 5.16 Å². The van der Waals surface area contributed by atoms with E-state index in [1.54, 1.807) is 0 Å². The average Bonchev–Trinajstić information content (AvgIpc) is 3.12. The van der Waals surface area contributed by atoms with Gasteiger partial charge in [0.2, 0.25) is 11.9 Å². The van der Waals surface area contributed by atoms with Gasteiger partial charge >= 0.3 is 0 Å². The summed E-state index contributed by atoms with van der Waals surface area (Å²) >= 11 is 1.45. The topological polar surface area (TPSA) is 63.1 Å². The molecule has 2 aromatic rings. The van der Waals surface area contributed by atoms with Crippen LogP contribution in [0.15, 0.2) is 35.5 Å². The van der Waals surface area contributed by atoms with Crippen molar-refractivity contribution in [2.45, 2.75) is 57.1 Å². The first kappa shape index (κ1) is 19.7. The van der Waals surface area contributed by atoms with Crippen LogP contribution in [0.5, 0.6) is 0 Å². The molecule has 0 spiro atoms. The summed E-state index contributed by atoms with van der Waals surface area (Å²) in [4.78, 5) is 14.6. The maximum absolute atomic E-state index is 12.3. The zero-order chi connectivity index (χ0) is 19.1. The smallest absolute Gasteiger partial charge is 0.232 e. The first-order chi connectivity index (χ1) is 13.2. The Bertz CT molecular complexity index is 727. The summed E-state index contributed by atoms with van der Waals surface area (Å²) < 4.78 is 2.08. The molecule has 1 aromatic carbocycles. The van der Waals surface area contributed by atoms with Gasteiger partial charge in [-0.15, -0.1) is 10.2 Å². The van der Waals surface area contributed by atoms with E-state index in [9.17, 15) is 4.79 Å². The number of carbonyl (C=O) groups is 1. The molecule has 1 N–H and O–H groups in total. The molecule has 1 aliphatic heterocycles. The summed E-state index contributed by atoms with van der Waals surface area (Å²) in [6, 6.07) is 10.4. The number of para-hydroxylation sites is 1. The van der Waals surface area contributed by atoms with Crippen molar-refractivity contribution in [3.8, 4) is 5.69 Å². The Balaban J connectivity index is 1.76. The summed E-state index contributed by atoms with van der Waals surface area (Å²) in [5.74, 6) is 1.27. The molecule has 6 nitrogen and oxygen atoms in total. The van der Waals surface area contributed by atoms with Crippen LogP contribution in [-0.2, 0) is 4.79 Å². The standard InChI is InChI=1S/C20H29N5OS/c1-3-10-16(2)21-18(26)15-27-20-23-22-19(24-13-8-5-9-14-24)25(20)17-11-6-4-7-12-17/h4,6-7,11-12,16H,3,5,8-10,13-15H2,1-2H3,(H,21,26)/t16-/m0/s1. The largest absolute Gasteiger partial charge is 0.353 e. The van der Waals surface area contributed by atoms with Crippen LogP contribution in [0.25, 0.3) is 5.69 Å². The molecule has 7 heteroatoms. The minimum absolute atomic E-state index is 0.0445. The zero-order valence-electron chi connectivity index (χ0n) is 16.2. The Hall–Kier alpha value is -2.02. The number of amides is 1. The van der Waals surface area contributed by atoms with E-state index in [-0.39, 0.29) is 11.9 Å². The summed E-state index contributed by atoms with van der Waals surface area (Å²) in [6.45, 7) is 6.18. The van der Waals surface area contributed by atoms with Crippen LogP contribution in [0.4, 0.5) is 5.95 Å². The van der Waals surface area contributed by atoms with Crippen molar-refractivity contribution in [1.82, 2.24) is 20.1 Å². The zero-order valence-corrected chi connectivity index (χ0v) is 17.0. The van der Waals surface area contributed by atoms with E-state index in [4.69, 9.17) is 0 Å². The lowest BCUT2D eigenvalue weighted by molar-refractivity contribution is -0.119. The lowest BCUT2D eigenvalue weighted by Gasteiger charge is -2.27.